The molecule has 1 aliphatic carbocycles. The van der Waals surface area contributed by atoms with Crippen molar-refractivity contribution in [1.82, 2.24) is 0 Å². The zero-order chi connectivity index (χ0) is 16.6. The second-order valence-corrected chi connectivity index (χ2v) is 9.08. The molecular formula is C21H42. The number of hydrogen-bond acceptors (Lipinski definition) is 0. The standard InChI is InChI=1S/C21H42/c1-11-18(14(3)4)13-16(7)19(12-2)21(10)17(8)20(21,9)15(5)6/h14-19H,11-13H2,1-10H3. The Labute approximate surface area is 135 Å². The Morgan fingerprint density at radius 3 is 1.67 bits per heavy atom. The van der Waals surface area contributed by atoms with Crippen molar-refractivity contribution < 1.29 is 0 Å². The summed E-state index contributed by atoms with van der Waals surface area (Å²) in [6.07, 6.45) is 4.11. The van der Waals surface area contributed by atoms with Crippen LogP contribution in [0.15, 0.2) is 0 Å². The fourth-order valence-electron chi connectivity index (χ4n) is 5.94. The van der Waals surface area contributed by atoms with Gasteiger partial charge in [-0.15, -0.1) is 0 Å². The van der Waals surface area contributed by atoms with Crippen LogP contribution in [0.4, 0.5) is 0 Å². The molecule has 6 unspecified atom stereocenters. The van der Waals surface area contributed by atoms with Gasteiger partial charge in [0.25, 0.3) is 0 Å². The van der Waals surface area contributed by atoms with Crippen LogP contribution in [0, 0.1) is 46.3 Å². The highest BCUT2D eigenvalue weighted by Gasteiger charge is 2.71. The van der Waals surface area contributed by atoms with Crippen molar-refractivity contribution in [3.8, 4) is 0 Å². The fraction of sp³-hybridized carbons (Fsp3) is 1.00. The monoisotopic (exact) mass is 294 g/mol. The minimum Gasteiger partial charge on any atom is -0.0651 e. The first-order valence-corrected chi connectivity index (χ1v) is 9.58. The Bertz CT molecular complexity index is 329. The third kappa shape index (κ3) is 2.93. The molecule has 126 valence electrons. The average Bonchev–Trinajstić information content (AvgIpc) is 2.85. The first-order valence-electron chi connectivity index (χ1n) is 9.58. The highest BCUT2D eigenvalue weighted by Crippen LogP contribution is 2.76. The fourth-order valence-corrected chi connectivity index (χ4v) is 5.94. The lowest BCUT2D eigenvalue weighted by molar-refractivity contribution is 0.127. The van der Waals surface area contributed by atoms with Gasteiger partial charge in [0.15, 0.2) is 0 Å². The number of hydrogen-bond donors (Lipinski definition) is 0. The van der Waals surface area contributed by atoms with E-state index in [-0.39, 0.29) is 0 Å². The van der Waals surface area contributed by atoms with Gasteiger partial charge in [-0.2, -0.15) is 0 Å². The molecule has 1 aliphatic rings. The molecule has 0 aromatic carbocycles. The Hall–Kier alpha value is 0. The maximum absolute atomic E-state index is 2.60. The summed E-state index contributed by atoms with van der Waals surface area (Å²) in [5, 5.41) is 0. The summed E-state index contributed by atoms with van der Waals surface area (Å²) < 4.78 is 0. The van der Waals surface area contributed by atoms with Gasteiger partial charge in [0.05, 0.1) is 0 Å². The lowest BCUT2D eigenvalue weighted by Gasteiger charge is -2.36. The third-order valence-corrected chi connectivity index (χ3v) is 8.11. The Morgan fingerprint density at radius 2 is 1.38 bits per heavy atom. The molecule has 0 spiro atoms. The molecule has 0 heteroatoms. The number of rotatable bonds is 8. The first kappa shape index (κ1) is 19.0. The second kappa shape index (κ2) is 6.63. The van der Waals surface area contributed by atoms with Crippen molar-refractivity contribution in [2.24, 2.45) is 46.3 Å². The Kier molecular flexibility index (Phi) is 6.01. The van der Waals surface area contributed by atoms with Crippen LogP contribution in [-0.2, 0) is 0 Å². The Morgan fingerprint density at radius 1 is 0.857 bits per heavy atom. The van der Waals surface area contributed by atoms with Crippen molar-refractivity contribution in [2.75, 3.05) is 0 Å². The lowest BCUT2D eigenvalue weighted by atomic mass is 9.69. The predicted octanol–water partition coefficient (Wildman–Crippen LogP) is 7.04. The smallest absolute Gasteiger partial charge is 0.0205 e. The van der Waals surface area contributed by atoms with Crippen LogP contribution in [0.25, 0.3) is 0 Å². The van der Waals surface area contributed by atoms with Gasteiger partial charge in [0, 0.05) is 0 Å². The highest BCUT2D eigenvalue weighted by atomic mass is 14.8. The van der Waals surface area contributed by atoms with Crippen LogP contribution < -0.4 is 0 Å². The van der Waals surface area contributed by atoms with Gasteiger partial charge in [-0.05, 0) is 52.8 Å². The topological polar surface area (TPSA) is 0 Å². The molecule has 0 saturated heterocycles. The van der Waals surface area contributed by atoms with E-state index in [2.05, 4.69) is 69.2 Å². The average molecular weight is 295 g/mol. The van der Waals surface area contributed by atoms with Gasteiger partial charge >= 0.3 is 0 Å². The molecule has 0 radical (unpaired) electrons. The lowest BCUT2D eigenvalue weighted by Crippen LogP contribution is -2.29. The SMILES string of the molecule is CCC(CC(C)C(CC)C1(C)C(C)C1(C)C(C)C)C(C)C. The van der Waals surface area contributed by atoms with Gasteiger partial charge in [-0.1, -0.05) is 82.1 Å². The van der Waals surface area contributed by atoms with E-state index in [0.29, 0.717) is 10.8 Å². The highest BCUT2D eigenvalue weighted by molar-refractivity contribution is 5.19. The molecule has 0 amide bonds. The normalized spacial score (nSPS) is 36.9. The summed E-state index contributed by atoms with van der Waals surface area (Å²) in [7, 11) is 0. The van der Waals surface area contributed by atoms with E-state index in [0.717, 1.165) is 35.5 Å². The van der Waals surface area contributed by atoms with Crippen molar-refractivity contribution in [3.05, 3.63) is 0 Å². The van der Waals surface area contributed by atoms with Gasteiger partial charge in [-0.3, -0.25) is 0 Å². The van der Waals surface area contributed by atoms with E-state index in [1.165, 1.54) is 19.3 Å². The van der Waals surface area contributed by atoms with E-state index in [4.69, 9.17) is 0 Å². The molecule has 0 heterocycles. The minimum atomic E-state index is 0.543. The van der Waals surface area contributed by atoms with Gasteiger partial charge in [0.1, 0.15) is 0 Å². The summed E-state index contributed by atoms with van der Waals surface area (Å²) in [6, 6.07) is 0. The molecule has 21 heavy (non-hydrogen) atoms. The summed E-state index contributed by atoms with van der Waals surface area (Å²) in [6.45, 7) is 24.7. The van der Waals surface area contributed by atoms with E-state index in [1.807, 2.05) is 0 Å². The molecule has 0 nitrogen and oxygen atoms in total. The maximum atomic E-state index is 2.60. The largest absolute Gasteiger partial charge is 0.0651 e. The zero-order valence-electron chi connectivity index (χ0n) is 16.6. The maximum Gasteiger partial charge on any atom is -0.0205 e. The van der Waals surface area contributed by atoms with Crippen LogP contribution in [0.3, 0.4) is 0 Å². The van der Waals surface area contributed by atoms with E-state index in [9.17, 15) is 0 Å². The van der Waals surface area contributed by atoms with E-state index < -0.39 is 0 Å². The summed E-state index contributed by atoms with van der Waals surface area (Å²) >= 11 is 0. The summed E-state index contributed by atoms with van der Waals surface area (Å²) in [4.78, 5) is 0. The van der Waals surface area contributed by atoms with Crippen molar-refractivity contribution in [3.63, 3.8) is 0 Å². The van der Waals surface area contributed by atoms with E-state index >= 15 is 0 Å². The van der Waals surface area contributed by atoms with Crippen molar-refractivity contribution in [2.45, 2.75) is 88.5 Å². The molecule has 0 N–H and O–H groups in total. The molecule has 6 atom stereocenters. The molecule has 1 rings (SSSR count). The zero-order valence-corrected chi connectivity index (χ0v) is 16.6. The van der Waals surface area contributed by atoms with Crippen LogP contribution >= 0.6 is 0 Å². The van der Waals surface area contributed by atoms with Gasteiger partial charge < -0.3 is 0 Å². The molecule has 0 aromatic heterocycles. The summed E-state index contributed by atoms with van der Waals surface area (Å²) in [5.41, 5.74) is 1.09. The van der Waals surface area contributed by atoms with Crippen LogP contribution in [0.1, 0.15) is 88.5 Å². The third-order valence-electron chi connectivity index (χ3n) is 8.11. The second-order valence-electron chi connectivity index (χ2n) is 9.08. The molecule has 1 fully saturated rings. The van der Waals surface area contributed by atoms with Gasteiger partial charge in [0.2, 0.25) is 0 Å². The van der Waals surface area contributed by atoms with E-state index in [1.54, 1.807) is 0 Å². The molecule has 0 aromatic rings. The minimum absolute atomic E-state index is 0.543. The quantitative estimate of drug-likeness (QED) is 0.450. The van der Waals surface area contributed by atoms with Crippen molar-refractivity contribution in [1.29, 1.82) is 0 Å². The Balaban J connectivity index is 2.89. The molecule has 0 bridgehead atoms. The van der Waals surface area contributed by atoms with Crippen LogP contribution in [-0.4, -0.2) is 0 Å². The first-order chi connectivity index (χ1) is 9.58. The predicted molar refractivity (Wildman–Crippen MR) is 96.4 cm³/mol. The van der Waals surface area contributed by atoms with Crippen LogP contribution in [0.2, 0.25) is 0 Å². The molecule has 1 saturated carbocycles. The molecule has 0 aliphatic heterocycles. The van der Waals surface area contributed by atoms with Crippen molar-refractivity contribution >= 4 is 0 Å². The van der Waals surface area contributed by atoms with Gasteiger partial charge in [-0.25, -0.2) is 0 Å². The van der Waals surface area contributed by atoms with Crippen LogP contribution in [0.5, 0.6) is 0 Å². The summed E-state index contributed by atoms with van der Waals surface area (Å²) in [5.74, 6) is 5.14. The molecular weight excluding hydrogens is 252 g/mol.